The van der Waals surface area contributed by atoms with Gasteiger partial charge in [0.1, 0.15) is 12.1 Å². The molecule has 0 aromatic carbocycles. The first-order valence-electron chi connectivity index (χ1n) is 12.3. The summed E-state index contributed by atoms with van der Waals surface area (Å²) in [5.41, 5.74) is -0.135. The first kappa shape index (κ1) is 28.4. The molecule has 0 unspecified atom stereocenters. The highest BCUT2D eigenvalue weighted by Crippen LogP contribution is 2.37. The Bertz CT molecular complexity index is 1010. The second kappa shape index (κ2) is 9.63. The number of carbonyl (C=O) groups excluding carboxylic acids is 1. The number of carbonyl (C=O) groups is 1. The average molecular weight is 502 g/mol. The zero-order chi connectivity index (χ0) is 27.2. The van der Waals surface area contributed by atoms with Crippen molar-refractivity contribution in [2.75, 3.05) is 0 Å². The third-order valence-electron chi connectivity index (χ3n) is 6.93. The van der Waals surface area contributed by atoms with E-state index in [-0.39, 0.29) is 30.8 Å². The van der Waals surface area contributed by atoms with Crippen LogP contribution >= 0.6 is 0 Å². The SMILES string of the molecule is CC(C)(C)OC(=O)Cn1cc(B2OC(C)(C)C(C)(C)O2)cn1.CC1(C)OB(c2cn[nH]c2)OC1(C)C. The van der Waals surface area contributed by atoms with E-state index in [4.69, 9.17) is 23.4 Å². The number of hydrogen-bond donors (Lipinski definition) is 1. The van der Waals surface area contributed by atoms with E-state index in [9.17, 15) is 4.79 Å². The van der Waals surface area contributed by atoms with Crippen molar-refractivity contribution in [3.63, 3.8) is 0 Å². The van der Waals surface area contributed by atoms with Gasteiger partial charge in [0.05, 0.1) is 22.4 Å². The van der Waals surface area contributed by atoms with Crippen molar-refractivity contribution in [3.05, 3.63) is 24.8 Å². The molecule has 2 fully saturated rings. The van der Waals surface area contributed by atoms with Crippen molar-refractivity contribution < 1.29 is 28.1 Å². The Labute approximate surface area is 215 Å². The molecule has 2 aromatic rings. The van der Waals surface area contributed by atoms with Gasteiger partial charge >= 0.3 is 20.2 Å². The molecule has 2 aliphatic heterocycles. The van der Waals surface area contributed by atoms with Crippen molar-refractivity contribution in [1.29, 1.82) is 0 Å². The van der Waals surface area contributed by atoms with Crippen LogP contribution < -0.4 is 10.9 Å². The predicted octanol–water partition coefficient (Wildman–Crippen LogP) is 2.23. The normalized spacial score (nSPS) is 21.8. The van der Waals surface area contributed by atoms with Crippen LogP contribution in [0.2, 0.25) is 0 Å². The summed E-state index contributed by atoms with van der Waals surface area (Å²) in [6.07, 6.45) is 6.93. The van der Waals surface area contributed by atoms with Gasteiger partial charge in [0.2, 0.25) is 0 Å². The van der Waals surface area contributed by atoms with E-state index in [1.54, 1.807) is 24.8 Å². The van der Waals surface area contributed by atoms with Gasteiger partial charge in [0.15, 0.2) is 0 Å². The largest absolute Gasteiger partial charge is 0.498 e. The number of nitrogens with zero attached hydrogens (tertiary/aromatic N) is 3. The number of nitrogens with one attached hydrogen (secondary N) is 1. The predicted molar refractivity (Wildman–Crippen MR) is 138 cm³/mol. The lowest BCUT2D eigenvalue weighted by molar-refractivity contribution is -0.155. The summed E-state index contributed by atoms with van der Waals surface area (Å²) in [6.45, 7) is 21.7. The van der Waals surface area contributed by atoms with Crippen LogP contribution in [0.4, 0.5) is 0 Å². The third-order valence-corrected chi connectivity index (χ3v) is 6.93. The maximum absolute atomic E-state index is 11.8. The van der Waals surface area contributed by atoms with E-state index in [1.807, 2.05) is 76.2 Å². The Morgan fingerprint density at radius 1 is 0.889 bits per heavy atom. The minimum atomic E-state index is -0.501. The molecule has 0 aliphatic carbocycles. The molecule has 1 N–H and O–H groups in total. The maximum Gasteiger partial charge on any atom is 0.498 e. The van der Waals surface area contributed by atoms with E-state index in [0.29, 0.717) is 0 Å². The average Bonchev–Trinajstić information content (AvgIpc) is 3.43. The minimum Gasteiger partial charge on any atom is -0.459 e. The van der Waals surface area contributed by atoms with Gasteiger partial charge in [-0.05, 0) is 76.2 Å². The Morgan fingerprint density at radius 3 is 1.78 bits per heavy atom. The number of hydrogen-bond acceptors (Lipinski definition) is 8. The summed E-state index contributed by atoms with van der Waals surface area (Å²) in [5.74, 6) is -0.323. The topological polar surface area (TPSA) is 110 Å². The lowest BCUT2D eigenvalue weighted by atomic mass is 9.82. The number of rotatable bonds is 4. The molecule has 2 aliphatic rings. The maximum atomic E-state index is 11.8. The number of esters is 1. The smallest absolute Gasteiger partial charge is 0.459 e. The summed E-state index contributed by atoms with van der Waals surface area (Å²) in [7, 11) is -0.781. The molecule has 198 valence electrons. The molecule has 10 nitrogen and oxygen atoms in total. The Hall–Kier alpha value is -2.14. The Kier molecular flexibility index (Phi) is 7.60. The van der Waals surface area contributed by atoms with E-state index in [2.05, 4.69) is 15.3 Å². The quantitative estimate of drug-likeness (QED) is 0.501. The van der Waals surface area contributed by atoms with Crippen LogP contribution in [0, 0.1) is 0 Å². The molecule has 12 heteroatoms. The van der Waals surface area contributed by atoms with Crippen molar-refractivity contribution in [2.45, 2.75) is 111 Å². The summed E-state index contributed by atoms with van der Waals surface area (Å²) >= 11 is 0. The first-order chi connectivity index (χ1) is 16.3. The molecule has 36 heavy (non-hydrogen) atoms. The van der Waals surface area contributed by atoms with Crippen LogP contribution in [0.3, 0.4) is 0 Å². The van der Waals surface area contributed by atoms with E-state index in [1.165, 1.54) is 4.68 Å². The fraction of sp³-hybridized carbons (Fsp3) is 0.708. The molecular formula is C24H40B2N4O6. The number of aromatic amines is 1. The van der Waals surface area contributed by atoms with E-state index in [0.717, 1.165) is 10.9 Å². The second-order valence-corrected chi connectivity index (χ2v) is 12.3. The summed E-state index contributed by atoms with van der Waals surface area (Å²) < 4.78 is 30.4. The molecule has 0 saturated carbocycles. The fourth-order valence-electron chi connectivity index (χ4n) is 3.44. The van der Waals surface area contributed by atoms with Gasteiger partial charge in [-0.15, -0.1) is 0 Å². The van der Waals surface area contributed by atoms with Crippen LogP contribution in [0.15, 0.2) is 24.8 Å². The Balaban J connectivity index is 0.000000221. The molecule has 2 aromatic heterocycles. The zero-order valence-electron chi connectivity index (χ0n) is 23.5. The van der Waals surface area contributed by atoms with Crippen LogP contribution in [-0.4, -0.2) is 68.2 Å². The van der Waals surface area contributed by atoms with Gasteiger partial charge in [-0.3, -0.25) is 14.6 Å². The highest BCUT2D eigenvalue weighted by Gasteiger charge is 2.53. The summed E-state index contributed by atoms with van der Waals surface area (Å²) in [5, 5.41) is 10.8. The number of ether oxygens (including phenoxy) is 1. The molecule has 2 saturated heterocycles. The molecule has 0 amide bonds. The minimum absolute atomic E-state index is 0.0662. The zero-order valence-corrected chi connectivity index (χ0v) is 23.5. The van der Waals surface area contributed by atoms with Crippen LogP contribution in [0.25, 0.3) is 0 Å². The molecular weight excluding hydrogens is 462 g/mol. The van der Waals surface area contributed by atoms with Gasteiger partial charge < -0.3 is 23.4 Å². The molecule has 0 radical (unpaired) electrons. The van der Waals surface area contributed by atoms with Gasteiger partial charge in [-0.25, -0.2) is 0 Å². The number of H-pyrrole nitrogens is 1. The van der Waals surface area contributed by atoms with Gasteiger partial charge in [-0.1, -0.05) is 0 Å². The van der Waals surface area contributed by atoms with Gasteiger partial charge in [-0.2, -0.15) is 10.2 Å². The Morgan fingerprint density at radius 2 is 1.36 bits per heavy atom. The fourth-order valence-corrected chi connectivity index (χ4v) is 3.44. The lowest BCUT2D eigenvalue weighted by Gasteiger charge is -2.32. The van der Waals surface area contributed by atoms with Crippen molar-refractivity contribution >= 4 is 31.1 Å². The van der Waals surface area contributed by atoms with Crippen LogP contribution in [0.1, 0.15) is 76.2 Å². The van der Waals surface area contributed by atoms with Crippen LogP contribution in [0.5, 0.6) is 0 Å². The first-order valence-corrected chi connectivity index (χ1v) is 12.3. The van der Waals surface area contributed by atoms with Crippen molar-refractivity contribution in [1.82, 2.24) is 20.0 Å². The third kappa shape index (κ3) is 6.40. The molecule has 0 atom stereocenters. The summed E-state index contributed by atoms with van der Waals surface area (Å²) in [4.78, 5) is 11.8. The van der Waals surface area contributed by atoms with Crippen molar-refractivity contribution in [2.24, 2.45) is 0 Å². The van der Waals surface area contributed by atoms with E-state index < -0.39 is 23.9 Å². The molecule has 4 heterocycles. The highest BCUT2D eigenvalue weighted by atomic mass is 16.7. The standard InChI is InChI=1S/C15H25BN2O4.C9H15BN2O2/c1-13(2,3)20-12(19)10-18-9-11(8-17-18)16-21-14(4,5)15(6,7)22-16;1-8(2)9(3,4)14-10(13-8)7-5-11-12-6-7/h8-9H,10H2,1-7H3;5-6H,1-4H3,(H,11,12). The van der Waals surface area contributed by atoms with E-state index >= 15 is 0 Å². The highest BCUT2D eigenvalue weighted by molar-refractivity contribution is 6.62. The lowest BCUT2D eigenvalue weighted by Crippen LogP contribution is -2.41. The van der Waals surface area contributed by atoms with Crippen molar-refractivity contribution in [3.8, 4) is 0 Å². The monoisotopic (exact) mass is 502 g/mol. The molecule has 0 spiro atoms. The van der Waals surface area contributed by atoms with Gasteiger partial charge in [0.25, 0.3) is 0 Å². The van der Waals surface area contributed by atoms with Gasteiger partial charge in [0, 0.05) is 35.7 Å². The molecule has 0 bridgehead atoms. The number of aromatic nitrogens is 4. The van der Waals surface area contributed by atoms with Crippen LogP contribution in [-0.2, 0) is 34.7 Å². The summed E-state index contributed by atoms with van der Waals surface area (Å²) in [6, 6.07) is 0. The molecule has 4 rings (SSSR count). The second-order valence-electron chi connectivity index (χ2n) is 12.3.